The highest BCUT2D eigenvalue weighted by molar-refractivity contribution is 9.10. The van der Waals surface area contributed by atoms with Crippen molar-refractivity contribution < 1.29 is 0 Å². The maximum absolute atomic E-state index is 8.37. The monoisotopic (exact) mass is 217 g/mol. The molecule has 10 heavy (non-hydrogen) atoms. The molecule has 0 aliphatic rings. The van der Waals surface area contributed by atoms with Gasteiger partial charge in [0.1, 0.15) is 16.4 Å². The fourth-order valence-electron chi connectivity index (χ4n) is 0.447. The highest BCUT2D eigenvalue weighted by atomic mass is 79.9. The molecule has 50 valence electrons. The highest BCUT2D eigenvalue weighted by Gasteiger charge is 1.97. The Labute approximate surface area is 70.8 Å². The second-order valence-electron chi connectivity index (χ2n) is 1.46. The predicted molar refractivity (Wildman–Crippen MR) is 39.5 cm³/mol. The Morgan fingerprint density at radius 3 is 2.80 bits per heavy atom. The van der Waals surface area contributed by atoms with Crippen molar-refractivity contribution in [2.75, 3.05) is 0 Å². The van der Waals surface area contributed by atoms with E-state index in [0.29, 0.717) is 4.60 Å². The van der Waals surface area contributed by atoms with E-state index in [0.717, 1.165) is 0 Å². The standard InChI is InChI=1S/C5HBrClN3/c6-4-1-3(2-8)9-5(7)10-4/h1H. The van der Waals surface area contributed by atoms with Crippen LogP contribution < -0.4 is 0 Å². The van der Waals surface area contributed by atoms with E-state index in [-0.39, 0.29) is 11.0 Å². The van der Waals surface area contributed by atoms with Gasteiger partial charge in [-0.25, -0.2) is 9.97 Å². The zero-order chi connectivity index (χ0) is 7.56. The van der Waals surface area contributed by atoms with E-state index in [1.54, 1.807) is 0 Å². The van der Waals surface area contributed by atoms with Gasteiger partial charge in [-0.05, 0) is 27.5 Å². The first-order valence-corrected chi connectivity index (χ1v) is 3.49. The molecular weight excluding hydrogens is 217 g/mol. The van der Waals surface area contributed by atoms with Crippen LogP contribution in [0.15, 0.2) is 10.7 Å². The van der Waals surface area contributed by atoms with Gasteiger partial charge in [-0.15, -0.1) is 0 Å². The predicted octanol–water partition coefficient (Wildman–Crippen LogP) is 1.76. The van der Waals surface area contributed by atoms with Gasteiger partial charge in [-0.2, -0.15) is 5.26 Å². The summed E-state index contributed by atoms with van der Waals surface area (Å²) in [5.41, 5.74) is 0.256. The first-order valence-electron chi connectivity index (χ1n) is 2.32. The highest BCUT2D eigenvalue weighted by Crippen LogP contribution is 2.10. The van der Waals surface area contributed by atoms with Gasteiger partial charge in [-0.1, -0.05) is 0 Å². The zero-order valence-electron chi connectivity index (χ0n) is 4.67. The number of nitrogens with zero attached hydrogens (tertiary/aromatic N) is 3. The van der Waals surface area contributed by atoms with Crippen LogP contribution in [-0.4, -0.2) is 9.97 Å². The molecule has 0 unspecified atom stereocenters. The molecule has 0 aliphatic heterocycles. The van der Waals surface area contributed by atoms with E-state index in [1.165, 1.54) is 6.07 Å². The minimum atomic E-state index is 0.0749. The lowest BCUT2D eigenvalue weighted by atomic mass is 10.5. The quantitative estimate of drug-likeness (QED) is 0.492. The number of hydrogen-bond donors (Lipinski definition) is 0. The van der Waals surface area contributed by atoms with Crippen LogP contribution in [0.1, 0.15) is 5.69 Å². The topological polar surface area (TPSA) is 49.6 Å². The SMILES string of the molecule is N#Cc1cc(Br)nc(Cl)n1. The molecule has 0 saturated carbocycles. The first kappa shape index (κ1) is 7.45. The summed E-state index contributed by atoms with van der Waals surface area (Å²) in [4.78, 5) is 7.32. The summed E-state index contributed by atoms with van der Waals surface area (Å²) in [6, 6.07) is 3.34. The zero-order valence-corrected chi connectivity index (χ0v) is 7.02. The molecule has 0 spiro atoms. The second kappa shape index (κ2) is 2.95. The van der Waals surface area contributed by atoms with Crippen molar-refractivity contribution in [1.82, 2.24) is 9.97 Å². The molecule has 0 saturated heterocycles. The van der Waals surface area contributed by atoms with Crippen LogP contribution in [0.5, 0.6) is 0 Å². The van der Waals surface area contributed by atoms with E-state index in [1.807, 2.05) is 6.07 Å². The Hall–Kier alpha value is -0.660. The van der Waals surface area contributed by atoms with Gasteiger partial charge in [0.15, 0.2) is 0 Å². The second-order valence-corrected chi connectivity index (χ2v) is 2.61. The first-order chi connectivity index (χ1) is 4.72. The van der Waals surface area contributed by atoms with Gasteiger partial charge in [0.05, 0.1) is 0 Å². The summed E-state index contributed by atoms with van der Waals surface area (Å²) in [6.07, 6.45) is 0. The van der Waals surface area contributed by atoms with Crippen molar-refractivity contribution in [2.45, 2.75) is 0 Å². The van der Waals surface area contributed by atoms with Gasteiger partial charge in [-0.3, -0.25) is 0 Å². The Balaban J connectivity index is 3.22. The summed E-state index contributed by atoms with van der Waals surface area (Å²) in [5.74, 6) is 0. The maximum atomic E-state index is 8.37. The van der Waals surface area contributed by atoms with Gasteiger partial charge in [0.2, 0.25) is 5.28 Å². The van der Waals surface area contributed by atoms with Crippen LogP contribution >= 0.6 is 27.5 Å². The molecule has 0 aliphatic carbocycles. The normalized spacial score (nSPS) is 8.90. The summed E-state index contributed by atoms with van der Waals surface area (Å²) >= 11 is 8.49. The third-order valence-corrected chi connectivity index (χ3v) is 1.36. The van der Waals surface area contributed by atoms with E-state index >= 15 is 0 Å². The smallest absolute Gasteiger partial charge is 0.211 e. The third-order valence-electron chi connectivity index (χ3n) is 0.782. The van der Waals surface area contributed by atoms with Crippen LogP contribution in [0.25, 0.3) is 0 Å². The molecular formula is C5HBrClN3. The van der Waals surface area contributed by atoms with Gasteiger partial charge in [0.25, 0.3) is 0 Å². The Kier molecular flexibility index (Phi) is 2.20. The summed E-state index contributed by atoms with van der Waals surface area (Å²) in [6.45, 7) is 0. The molecule has 0 bridgehead atoms. The molecule has 0 radical (unpaired) electrons. The fourth-order valence-corrected chi connectivity index (χ4v) is 1.12. The van der Waals surface area contributed by atoms with E-state index in [4.69, 9.17) is 16.9 Å². The molecule has 0 fully saturated rings. The number of rotatable bonds is 0. The van der Waals surface area contributed by atoms with Crippen molar-refractivity contribution in [3.05, 3.63) is 21.6 Å². The Morgan fingerprint density at radius 1 is 1.60 bits per heavy atom. The molecule has 1 rings (SSSR count). The van der Waals surface area contributed by atoms with E-state index in [9.17, 15) is 0 Å². The number of aromatic nitrogens is 2. The molecule has 1 heterocycles. The molecule has 0 amide bonds. The molecule has 5 heteroatoms. The number of nitriles is 1. The minimum absolute atomic E-state index is 0.0749. The molecule has 1 aromatic heterocycles. The van der Waals surface area contributed by atoms with Crippen molar-refractivity contribution in [3.8, 4) is 6.07 Å². The summed E-state index contributed by atoms with van der Waals surface area (Å²) in [5, 5.41) is 8.44. The maximum Gasteiger partial charge on any atom is 0.224 e. The summed E-state index contributed by atoms with van der Waals surface area (Å²) < 4.78 is 0.518. The average molecular weight is 218 g/mol. The van der Waals surface area contributed by atoms with Crippen LogP contribution in [-0.2, 0) is 0 Å². The van der Waals surface area contributed by atoms with Gasteiger partial charge in [0, 0.05) is 6.07 Å². The molecule has 0 N–H and O–H groups in total. The average Bonchev–Trinajstić information content (AvgIpc) is 1.85. The minimum Gasteiger partial charge on any atom is -0.211 e. The van der Waals surface area contributed by atoms with Crippen molar-refractivity contribution in [2.24, 2.45) is 0 Å². The van der Waals surface area contributed by atoms with E-state index in [2.05, 4.69) is 25.9 Å². The van der Waals surface area contributed by atoms with Crippen molar-refractivity contribution in [3.63, 3.8) is 0 Å². The number of hydrogen-bond acceptors (Lipinski definition) is 3. The Bertz CT molecular complexity index is 273. The van der Waals surface area contributed by atoms with Crippen molar-refractivity contribution in [1.29, 1.82) is 5.26 Å². The largest absolute Gasteiger partial charge is 0.224 e. The molecule has 0 aromatic carbocycles. The van der Waals surface area contributed by atoms with Crippen LogP contribution in [0, 0.1) is 11.3 Å². The van der Waals surface area contributed by atoms with Crippen LogP contribution in [0.2, 0.25) is 5.28 Å². The lowest BCUT2D eigenvalue weighted by Gasteiger charge is -1.90. The number of halogens is 2. The van der Waals surface area contributed by atoms with Crippen LogP contribution in [0.3, 0.4) is 0 Å². The third kappa shape index (κ3) is 1.66. The van der Waals surface area contributed by atoms with Gasteiger partial charge < -0.3 is 0 Å². The summed E-state index contributed by atoms with van der Waals surface area (Å²) in [7, 11) is 0. The van der Waals surface area contributed by atoms with Crippen molar-refractivity contribution >= 4 is 27.5 Å². The Morgan fingerprint density at radius 2 is 2.30 bits per heavy atom. The molecule has 3 nitrogen and oxygen atoms in total. The lowest BCUT2D eigenvalue weighted by Crippen LogP contribution is -1.86. The van der Waals surface area contributed by atoms with E-state index < -0.39 is 0 Å². The molecule has 0 atom stereocenters. The van der Waals surface area contributed by atoms with Crippen LogP contribution in [0.4, 0.5) is 0 Å². The fraction of sp³-hybridized carbons (Fsp3) is 0. The molecule has 1 aromatic rings. The van der Waals surface area contributed by atoms with Gasteiger partial charge >= 0.3 is 0 Å². The lowest BCUT2D eigenvalue weighted by molar-refractivity contribution is 1.11.